The highest BCUT2D eigenvalue weighted by atomic mass is 16.7. The first-order valence-corrected chi connectivity index (χ1v) is 6.27. The summed E-state index contributed by atoms with van der Waals surface area (Å²) < 4.78 is 17.0. The summed E-state index contributed by atoms with van der Waals surface area (Å²) in [5.41, 5.74) is 1.25. The highest BCUT2D eigenvalue weighted by Crippen LogP contribution is 2.53. The summed E-state index contributed by atoms with van der Waals surface area (Å²) in [5.74, 6) is 0.586. The third-order valence-electron chi connectivity index (χ3n) is 4.38. The van der Waals surface area contributed by atoms with Crippen LogP contribution in [0.3, 0.4) is 0 Å². The predicted molar refractivity (Wildman–Crippen MR) is 59.0 cm³/mol. The number of ether oxygens (including phenoxy) is 2. The Bertz CT molecular complexity index is 463. The molecule has 4 nitrogen and oxygen atoms in total. The molecule has 1 aromatic rings. The van der Waals surface area contributed by atoms with Crippen molar-refractivity contribution in [1.82, 2.24) is 5.16 Å². The van der Waals surface area contributed by atoms with Gasteiger partial charge in [-0.1, -0.05) is 18.0 Å². The Morgan fingerprint density at radius 1 is 1.12 bits per heavy atom. The number of hydrogen-bond donors (Lipinski definition) is 0. The average Bonchev–Trinajstić information content (AvgIpc) is 3.01. The summed E-state index contributed by atoms with van der Waals surface area (Å²) in [6, 6.07) is 0. The maximum absolute atomic E-state index is 5.72. The van der Waals surface area contributed by atoms with Gasteiger partial charge in [0.25, 0.3) is 5.79 Å². The summed E-state index contributed by atoms with van der Waals surface area (Å²) in [6.45, 7) is 0. The molecule has 2 heterocycles. The number of aromatic nitrogens is 1. The average molecular weight is 233 g/mol. The minimum Gasteiger partial charge on any atom is -0.456 e. The molecule has 1 saturated carbocycles. The van der Waals surface area contributed by atoms with Crippen LogP contribution >= 0.6 is 0 Å². The Labute approximate surface area is 99.6 Å². The molecule has 90 valence electrons. The van der Waals surface area contributed by atoms with Gasteiger partial charge in [-0.3, -0.25) is 0 Å². The van der Waals surface area contributed by atoms with Crippen LogP contribution in [0.25, 0.3) is 0 Å². The van der Waals surface area contributed by atoms with E-state index < -0.39 is 5.79 Å². The quantitative estimate of drug-likeness (QED) is 0.691. The highest BCUT2D eigenvalue weighted by Gasteiger charge is 2.54. The number of fused-ring (bicyclic) bond motifs is 2. The van der Waals surface area contributed by atoms with Crippen LogP contribution in [0.15, 0.2) is 23.2 Å². The molecule has 0 unspecified atom stereocenters. The second-order valence-electron chi connectivity index (χ2n) is 5.44. The van der Waals surface area contributed by atoms with E-state index in [-0.39, 0.29) is 5.41 Å². The third-order valence-corrected chi connectivity index (χ3v) is 4.38. The molecule has 0 N–H and O–H groups in total. The molecular weight excluding hydrogens is 218 g/mol. The topological polar surface area (TPSA) is 44.5 Å². The number of rotatable bonds is 0. The number of hydrogen-bond acceptors (Lipinski definition) is 4. The lowest BCUT2D eigenvalue weighted by Gasteiger charge is -2.40. The molecule has 0 bridgehead atoms. The van der Waals surface area contributed by atoms with Crippen molar-refractivity contribution in [1.29, 1.82) is 0 Å². The Morgan fingerprint density at radius 2 is 1.88 bits per heavy atom. The van der Waals surface area contributed by atoms with E-state index in [1.165, 1.54) is 12.8 Å². The van der Waals surface area contributed by atoms with E-state index in [4.69, 9.17) is 14.0 Å². The fraction of sp³-hybridized carbons (Fsp3) is 0.615. The van der Waals surface area contributed by atoms with Crippen molar-refractivity contribution in [3.8, 4) is 0 Å². The van der Waals surface area contributed by atoms with Crippen molar-refractivity contribution in [2.24, 2.45) is 0 Å². The molecule has 2 spiro atoms. The van der Waals surface area contributed by atoms with E-state index in [2.05, 4.69) is 5.16 Å². The van der Waals surface area contributed by atoms with E-state index >= 15 is 0 Å². The fourth-order valence-electron chi connectivity index (χ4n) is 3.73. The van der Waals surface area contributed by atoms with Crippen molar-refractivity contribution in [2.75, 3.05) is 0 Å². The molecule has 0 radical (unpaired) electrons. The normalized spacial score (nSPS) is 27.1. The first-order chi connectivity index (χ1) is 8.32. The Balaban J connectivity index is 1.81. The van der Waals surface area contributed by atoms with Gasteiger partial charge in [0.1, 0.15) is 18.3 Å². The van der Waals surface area contributed by atoms with E-state index in [1.807, 2.05) is 6.20 Å². The van der Waals surface area contributed by atoms with E-state index in [9.17, 15) is 0 Å². The zero-order valence-corrected chi connectivity index (χ0v) is 9.65. The van der Waals surface area contributed by atoms with Gasteiger partial charge in [0.2, 0.25) is 0 Å². The second kappa shape index (κ2) is 3.06. The summed E-state index contributed by atoms with van der Waals surface area (Å²) in [4.78, 5) is 0. The van der Waals surface area contributed by atoms with Crippen LogP contribution in [0.2, 0.25) is 0 Å². The van der Waals surface area contributed by atoms with Crippen molar-refractivity contribution >= 4 is 0 Å². The van der Waals surface area contributed by atoms with Crippen LogP contribution < -0.4 is 0 Å². The molecule has 0 atom stereocenters. The molecule has 17 heavy (non-hydrogen) atoms. The van der Waals surface area contributed by atoms with Crippen LogP contribution in [-0.4, -0.2) is 10.9 Å². The predicted octanol–water partition coefficient (Wildman–Crippen LogP) is 2.65. The van der Waals surface area contributed by atoms with E-state index in [0.717, 1.165) is 37.0 Å². The molecule has 1 aliphatic heterocycles. The van der Waals surface area contributed by atoms with Gasteiger partial charge in [-0.15, -0.1) is 0 Å². The van der Waals surface area contributed by atoms with Crippen molar-refractivity contribution in [2.45, 2.75) is 49.7 Å². The lowest BCUT2D eigenvalue weighted by atomic mass is 9.70. The Kier molecular flexibility index (Phi) is 1.72. The van der Waals surface area contributed by atoms with Gasteiger partial charge in [0.05, 0.1) is 12.6 Å². The van der Waals surface area contributed by atoms with Gasteiger partial charge < -0.3 is 14.0 Å². The van der Waals surface area contributed by atoms with E-state index in [0.29, 0.717) is 0 Å². The highest BCUT2D eigenvalue weighted by molar-refractivity contribution is 5.31. The first kappa shape index (κ1) is 9.57. The molecule has 0 amide bonds. The smallest absolute Gasteiger partial charge is 0.254 e. The number of nitrogens with zero attached hydrogens (tertiary/aromatic N) is 1. The first-order valence-electron chi connectivity index (χ1n) is 6.27. The third kappa shape index (κ3) is 1.21. The summed E-state index contributed by atoms with van der Waals surface area (Å²) in [6.07, 6.45) is 11.6. The lowest BCUT2D eigenvalue weighted by Crippen LogP contribution is -2.45. The van der Waals surface area contributed by atoms with Gasteiger partial charge in [-0.2, -0.15) is 0 Å². The molecule has 2 aliphatic carbocycles. The maximum Gasteiger partial charge on any atom is 0.254 e. The van der Waals surface area contributed by atoms with Crippen molar-refractivity contribution in [3.63, 3.8) is 0 Å². The molecule has 0 aromatic carbocycles. The molecule has 0 saturated heterocycles. The van der Waals surface area contributed by atoms with Gasteiger partial charge in [0, 0.05) is 17.4 Å². The Morgan fingerprint density at radius 3 is 2.65 bits per heavy atom. The monoisotopic (exact) mass is 233 g/mol. The summed E-state index contributed by atoms with van der Waals surface area (Å²) in [7, 11) is 0. The van der Waals surface area contributed by atoms with Crippen LogP contribution in [0.5, 0.6) is 0 Å². The second-order valence-corrected chi connectivity index (χ2v) is 5.44. The van der Waals surface area contributed by atoms with Crippen LogP contribution in [0, 0.1) is 0 Å². The summed E-state index contributed by atoms with van der Waals surface area (Å²) in [5, 5.41) is 3.97. The molecule has 4 heteroatoms. The van der Waals surface area contributed by atoms with Crippen LogP contribution in [0.1, 0.15) is 43.4 Å². The molecule has 3 aliphatic rings. The van der Waals surface area contributed by atoms with Crippen molar-refractivity contribution in [3.05, 3.63) is 30.0 Å². The van der Waals surface area contributed by atoms with E-state index in [1.54, 1.807) is 12.5 Å². The lowest BCUT2D eigenvalue weighted by molar-refractivity contribution is -0.165. The largest absolute Gasteiger partial charge is 0.456 e. The minimum absolute atomic E-state index is 0.0934. The molecular formula is C13H15NO3. The Hall–Kier alpha value is -1.45. The fourth-order valence-corrected chi connectivity index (χ4v) is 3.73. The van der Waals surface area contributed by atoms with Gasteiger partial charge in [-0.25, -0.2) is 0 Å². The van der Waals surface area contributed by atoms with Gasteiger partial charge in [0.15, 0.2) is 0 Å². The standard InChI is InChI=1S/C13H15NO3/c1-2-4-12(3-1)9-13(15-5-6-16-13)7-10-8-14-17-11(10)12/h5-6,8H,1-4,7,9H2. The van der Waals surface area contributed by atoms with Crippen LogP contribution in [0.4, 0.5) is 0 Å². The zero-order valence-electron chi connectivity index (χ0n) is 9.65. The maximum atomic E-state index is 5.72. The molecule has 1 fully saturated rings. The SMILES string of the molecule is C1=COC2(Cc3cnoc3C3(CCCC3)C2)O1. The summed E-state index contributed by atoms with van der Waals surface area (Å²) >= 11 is 0. The molecule has 4 rings (SSSR count). The van der Waals surface area contributed by atoms with Gasteiger partial charge in [-0.05, 0) is 12.8 Å². The van der Waals surface area contributed by atoms with Crippen LogP contribution in [-0.2, 0) is 21.3 Å². The van der Waals surface area contributed by atoms with Gasteiger partial charge >= 0.3 is 0 Å². The molecule has 1 aromatic heterocycles. The zero-order chi connectivity index (χ0) is 11.3. The van der Waals surface area contributed by atoms with Crippen molar-refractivity contribution < 1.29 is 14.0 Å². The minimum atomic E-state index is -0.497.